The van der Waals surface area contributed by atoms with Gasteiger partial charge < -0.3 is 39.9 Å². The molecule has 210 valence electrons. The summed E-state index contributed by atoms with van der Waals surface area (Å²) in [6, 6.07) is 17.6. The van der Waals surface area contributed by atoms with E-state index >= 15 is 0 Å². The molecule has 0 aliphatic carbocycles. The lowest BCUT2D eigenvalue weighted by Gasteiger charge is -2.25. The van der Waals surface area contributed by atoms with E-state index in [1.165, 1.54) is 0 Å². The molecule has 2 aromatic heterocycles. The Labute approximate surface area is 236 Å². The van der Waals surface area contributed by atoms with Crippen molar-refractivity contribution in [3.63, 3.8) is 0 Å². The lowest BCUT2D eigenvalue weighted by molar-refractivity contribution is -0.0264. The Morgan fingerprint density at radius 3 is 2.33 bits per heavy atom. The van der Waals surface area contributed by atoms with Crippen LogP contribution < -0.4 is 4.74 Å². The first-order valence-electron chi connectivity index (χ1n) is 12.9. The van der Waals surface area contributed by atoms with E-state index in [9.17, 15) is 15.3 Å². The first-order valence-corrected chi connectivity index (χ1v) is 13.3. The summed E-state index contributed by atoms with van der Waals surface area (Å²) in [5.74, 6) is 0. The zero-order valence-corrected chi connectivity index (χ0v) is 22.6. The van der Waals surface area contributed by atoms with Gasteiger partial charge in [0.25, 0.3) is 6.01 Å². The first-order chi connectivity index (χ1) is 19.3. The van der Waals surface area contributed by atoms with Crippen molar-refractivity contribution in [2.45, 2.75) is 30.7 Å². The predicted octanol–water partition coefficient (Wildman–Crippen LogP) is 3.36. The summed E-state index contributed by atoms with van der Waals surface area (Å²) in [6.07, 6.45) is -0.905. The summed E-state index contributed by atoms with van der Waals surface area (Å²) in [5, 5.41) is 36.4. The number of imidazole rings is 1. The molecule has 0 radical (unpaired) electrons. The molecule has 3 atom stereocenters. The molecule has 5 N–H and O–H groups in total. The number of ether oxygens (including phenoxy) is 3. The zero-order valence-electron chi connectivity index (χ0n) is 21.9. The Morgan fingerprint density at radius 2 is 1.68 bits per heavy atom. The summed E-state index contributed by atoms with van der Waals surface area (Å²) in [6.45, 7) is 2.14. The first kappa shape index (κ1) is 28.2. The molecule has 2 aromatic carbocycles. The lowest BCUT2D eigenvalue weighted by atomic mass is 9.83. The van der Waals surface area contributed by atoms with Crippen molar-refractivity contribution in [3.8, 4) is 28.4 Å². The van der Waals surface area contributed by atoms with E-state index < -0.39 is 23.7 Å². The van der Waals surface area contributed by atoms with Crippen LogP contribution in [-0.4, -0.2) is 87.8 Å². The standard InChI is InChI=1S/C29H31ClN4O6/c1-29(15-35,16-36)20-8-6-18(7-9-20)17-2-4-19(5-3-17)26-22(30)10-23-27(33-26)34-28(32-23)40-25-14-38-13-24(25)39-12-21(37)11-31/h2-11,21,24-25,31,35-37H,12-16H2,1H3,(H,32,33,34)/t21-,24-,25+/m0/s1. The quantitative estimate of drug-likeness (QED) is 0.173. The van der Waals surface area contributed by atoms with Crippen LogP contribution >= 0.6 is 11.6 Å². The van der Waals surface area contributed by atoms with Crippen molar-refractivity contribution in [1.82, 2.24) is 15.0 Å². The van der Waals surface area contributed by atoms with E-state index in [1.807, 2.05) is 55.5 Å². The highest BCUT2D eigenvalue weighted by atomic mass is 35.5. The normalized spacial score (nSPS) is 18.2. The summed E-state index contributed by atoms with van der Waals surface area (Å²) in [7, 11) is 0. The van der Waals surface area contributed by atoms with Gasteiger partial charge in [-0.2, -0.15) is 4.98 Å². The third-order valence-electron chi connectivity index (χ3n) is 7.09. The van der Waals surface area contributed by atoms with Crippen LogP contribution in [0.4, 0.5) is 0 Å². The topological polar surface area (TPSA) is 154 Å². The van der Waals surface area contributed by atoms with Crippen LogP contribution in [0.1, 0.15) is 12.5 Å². The van der Waals surface area contributed by atoms with Crippen LogP contribution in [0.15, 0.2) is 54.6 Å². The van der Waals surface area contributed by atoms with E-state index in [-0.39, 0.29) is 25.8 Å². The number of hydrogen-bond donors (Lipinski definition) is 5. The number of aromatic amines is 1. The molecule has 40 heavy (non-hydrogen) atoms. The highest BCUT2D eigenvalue weighted by Crippen LogP contribution is 2.32. The monoisotopic (exact) mass is 566 g/mol. The Balaban J connectivity index is 1.31. The number of benzene rings is 2. The maximum absolute atomic E-state index is 9.66. The van der Waals surface area contributed by atoms with Gasteiger partial charge >= 0.3 is 0 Å². The van der Waals surface area contributed by atoms with Crippen molar-refractivity contribution in [2.24, 2.45) is 0 Å². The fourth-order valence-corrected chi connectivity index (χ4v) is 4.73. The van der Waals surface area contributed by atoms with Gasteiger partial charge in [-0.3, -0.25) is 0 Å². The molecular weight excluding hydrogens is 536 g/mol. The van der Waals surface area contributed by atoms with Crippen LogP contribution in [0.3, 0.4) is 0 Å². The van der Waals surface area contributed by atoms with Gasteiger partial charge in [-0.25, -0.2) is 4.98 Å². The lowest BCUT2D eigenvalue weighted by Crippen LogP contribution is -2.35. The number of aromatic nitrogens is 3. The molecule has 3 heterocycles. The van der Waals surface area contributed by atoms with Crippen molar-refractivity contribution in [2.75, 3.05) is 33.0 Å². The molecule has 0 spiro atoms. The largest absolute Gasteiger partial charge is 0.456 e. The summed E-state index contributed by atoms with van der Waals surface area (Å²) in [5.41, 5.74) is 4.66. The number of aliphatic hydroxyl groups excluding tert-OH is 3. The minimum atomic E-state index is -0.980. The predicted molar refractivity (Wildman–Crippen MR) is 151 cm³/mol. The molecule has 0 saturated carbocycles. The number of nitrogens with zero attached hydrogens (tertiary/aromatic N) is 2. The fourth-order valence-electron chi connectivity index (χ4n) is 4.47. The second kappa shape index (κ2) is 12.0. The Hall–Kier alpha value is -3.38. The molecule has 1 fully saturated rings. The molecule has 10 nitrogen and oxygen atoms in total. The van der Waals surface area contributed by atoms with Crippen molar-refractivity contribution in [1.29, 1.82) is 5.41 Å². The summed E-state index contributed by atoms with van der Waals surface area (Å²) in [4.78, 5) is 12.2. The second-order valence-electron chi connectivity index (χ2n) is 10.1. The Morgan fingerprint density at radius 1 is 1.05 bits per heavy atom. The zero-order chi connectivity index (χ0) is 28.3. The van der Waals surface area contributed by atoms with Crippen LogP contribution in [0.25, 0.3) is 33.5 Å². The number of rotatable bonds is 11. The smallest absolute Gasteiger partial charge is 0.296 e. The number of pyridine rings is 1. The maximum Gasteiger partial charge on any atom is 0.296 e. The van der Waals surface area contributed by atoms with E-state index in [1.54, 1.807) is 6.07 Å². The average Bonchev–Trinajstić information content (AvgIpc) is 3.60. The number of H-pyrrole nitrogens is 1. The molecule has 11 heteroatoms. The molecule has 1 aliphatic heterocycles. The highest BCUT2D eigenvalue weighted by molar-refractivity contribution is 6.33. The second-order valence-corrected chi connectivity index (χ2v) is 10.5. The van der Waals surface area contributed by atoms with Gasteiger partial charge in [-0.15, -0.1) is 0 Å². The third kappa shape index (κ3) is 5.87. The summed E-state index contributed by atoms with van der Waals surface area (Å²) >= 11 is 6.60. The van der Waals surface area contributed by atoms with Crippen LogP contribution in [0, 0.1) is 5.41 Å². The Kier molecular flexibility index (Phi) is 8.46. The number of halogens is 1. The molecule has 0 unspecified atom stereocenters. The molecular formula is C29H31ClN4O6. The number of aliphatic hydroxyl groups is 3. The van der Waals surface area contributed by atoms with Crippen molar-refractivity contribution in [3.05, 3.63) is 65.2 Å². The molecule has 4 aromatic rings. The highest BCUT2D eigenvalue weighted by Gasteiger charge is 2.32. The van der Waals surface area contributed by atoms with Gasteiger partial charge in [0.05, 0.1) is 49.3 Å². The SMILES string of the molecule is CC(CO)(CO)c1ccc(-c2ccc(-c3nc4nc(O[C@@H]5COC[C@@H]5OC[C@@H](O)C=N)[nH]c4cc3Cl)cc2)cc1. The molecule has 5 rings (SSSR count). The van der Waals surface area contributed by atoms with Gasteiger partial charge in [0.15, 0.2) is 11.8 Å². The van der Waals surface area contributed by atoms with E-state index in [0.717, 1.165) is 28.5 Å². The average molecular weight is 567 g/mol. The molecule has 1 aliphatic rings. The van der Waals surface area contributed by atoms with Gasteiger partial charge in [-0.1, -0.05) is 67.1 Å². The maximum atomic E-state index is 9.66. The number of hydrogen-bond acceptors (Lipinski definition) is 9. The van der Waals surface area contributed by atoms with Gasteiger partial charge in [-0.05, 0) is 22.8 Å². The fraction of sp³-hybridized carbons (Fsp3) is 0.345. The third-order valence-corrected chi connectivity index (χ3v) is 7.38. The van der Waals surface area contributed by atoms with Crippen LogP contribution in [0.2, 0.25) is 5.02 Å². The Bertz CT molecular complexity index is 1460. The van der Waals surface area contributed by atoms with Gasteiger partial charge in [0.2, 0.25) is 0 Å². The minimum absolute atomic E-state index is 0.0188. The van der Waals surface area contributed by atoms with Crippen molar-refractivity contribution >= 4 is 29.0 Å². The minimum Gasteiger partial charge on any atom is -0.456 e. The van der Waals surface area contributed by atoms with E-state index in [4.69, 9.17) is 31.2 Å². The molecule has 0 bridgehead atoms. The van der Waals surface area contributed by atoms with Crippen LogP contribution in [-0.2, 0) is 14.9 Å². The number of nitrogens with one attached hydrogen (secondary N) is 2. The van der Waals surface area contributed by atoms with Crippen LogP contribution in [0.5, 0.6) is 6.01 Å². The molecule has 1 saturated heterocycles. The van der Waals surface area contributed by atoms with E-state index in [0.29, 0.717) is 35.1 Å². The molecule has 0 amide bonds. The van der Waals surface area contributed by atoms with E-state index in [2.05, 4.69) is 15.0 Å². The number of fused-ring (bicyclic) bond motifs is 1. The van der Waals surface area contributed by atoms with Gasteiger partial charge in [0, 0.05) is 17.2 Å². The van der Waals surface area contributed by atoms with Crippen molar-refractivity contribution < 1.29 is 29.5 Å². The van der Waals surface area contributed by atoms with Gasteiger partial charge in [0.1, 0.15) is 12.2 Å². The summed E-state index contributed by atoms with van der Waals surface area (Å²) < 4.78 is 17.1.